The lowest BCUT2D eigenvalue weighted by Crippen LogP contribution is -2.40. The van der Waals surface area contributed by atoms with E-state index in [9.17, 15) is 9.18 Å². The van der Waals surface area contributed by atoms with Crippen molar-refractivity contribution in [1.82, 2.24) is 5.32 Å². The van der Waals surface area contributed by atoms with Gasteiger partial charge in [0.05, 0.1) is 0 Å². The molecule has 1 aliphatic rings. The molecule has 0 radical (unpaired) electrons. The van der Waals surface area contributed by atoms with Crippen LogP contribution in [0.4, 0.5) is 4.39 Å². The van der Waals surface area contributed by atoms with Gasteiger partial charge >= 0.3 is 0 Å². The van der Waals surface area contributed by atoms with Gasteiger partial charge in [-0.25, -0.2) is 4.39 Å². The molecular weight excluding hydrogens is 385 g/mol. The number of nitrogens with one attached hydrogen (secondary N) is 1. The van der Waals surface area contributed by atoms with Crippen molar-refractivity contribution in [2.75, 3.05) is 13.4 Å². The molecule has 154 valence electrons. The first-order valence-corrected chi connectivity index (χ1v) is 9.76. The number of para-hydroxylation sites is 1. The van der Waals surface area contributed by atoms with Gasteiger partial charge in [-0.2, -0.15) is 0 Å². The number of ether oxygens (including phenoxy) is 3. The van der Waals surface area contributed by atoms with Crippen LogP contribution < -0.4 is 19.5 Å². The Hall–Kier alpha value is -3.54. The number of benzene rings is 3. The van der Waals surface area contributed by atoms with E-state index in [0.29, 0.717) is 30.1 Å². The van der Waals surface area contributed by atoms with E-state index in [-0.39, 0.29) is 31.2 Å². The van der Waals surface area contributed by atoms with Crippen LogP contribution in [0, 0.1) is 5.82 Å². The smallest absolute Gasteiger partial charge is 0.258 e. The molecule has 0 bridgehead atoms. The summed E-state index contributed by atoms with van der Waals surface area (Å²) < 4.78 is 29.6. The number of hydrogen-bond donors (Lipinski definition) is 1. The molecule has 4 rings (SSSR count). The van der Waals surface area contributed by atoms with Gasteiger partial charge in [0.25, 0.3) is 5.91 Å². The lowest BCUT2D eigenvalue weighted by Gasteiger charge is -2.20. The minimum Gasteiger partial charge on any atom is -0.484 e. The average Bonchev–Trinajstić information content (AvgIpc) is 3.22. The third-order valence-electron chi connectivity index (χ3n) is 4.79. The third-order valence-corrected chi connectivity index (χ3v) is 4.79. The van der Waals surface area contributed by atoms with Crippen molar-refractivity contribution in [3.63, 3.8) is 0 Å². The number of rotatable bonds is 8. The van der Waals surface area contributed by atoms with Crippen LogP contribution >= 0.6 is 0 Å². The van der Waals surface area contributed by atoms with Crippen molar-refractivity contribution in [2.45, 2.75) is 18.9 Å². The number of halogens is 1. The Kier molecular flexibility index (Phi) is 6.13. The Morgan fingerprint density at radius 2 is 1.63 bits per heavy atom. The molecule has 0 aliphatic carbocycles. The van der Waals surface area contributed by atoms with Crippen LogP contribution in [0.2, 0.25) is 0 Å². The maximum Gasteiger partial charge on any atom is 0.258 e. The SMILES string of the molecule is O=C(COc1ccccc1)NC(Cc1ccc(F)cc1)Cc1ccc2c(c1)OCO2. The van der Waals surface area contributed by atoms with Crippen LogP contribution in [-0.4, -0.2) is 25.3 Å². The van der Waals surface area contributed by atoms with Crippen LogP contribution in [-0.2, 0) is 17.6 Å². The standard InChI is InChI=1S/C24H22FNO4/c25-19-9-6-17(7-10-19)12-20(13-18-8-11-22-23(14-18)30-16-29-22)26-24(27)15-28-21-4-2-1-3-5-21/h1-11,14,20H,12-13,15-16H2,(H,26,27). The molecule has 30 heavy (non-hydrogen) atoms. The van der Waals surface area contributed by atoms with Crippen molar-refractivity contribution in [3.05, 3.63) is 89.7 Å². The van der Waals surface area contributed by atoms with E-state index in [2.05, 4.69) is 5.32 Å². The fourth-order valence-corrected chi connectivity index (χ4v) is 3.37. The van der Waals surface area contributed by atoms with Crippen LogP contribution in [0.5, 0.6) is 17.2 Å². The first-order valence-electron chi connectivity index (χ1n) is 9.76. The summed E-state index contributed by atoms with van der Waals surface area (Å²) in [4.78, 5) is 12.5. The second kappa shape index (κ2) is 9.31. The Morgan fingerprint density at radius 3 is 2.43 bits per heavy atom. The number of fused-ring (bicyclic) bond motifs is 1. The highest BCUT2D eigenvalue weighted by molar-refractivity contribution is 5.78. The molecule has 0 saturated heterocycles. The Bertz CT molecular complexity index is 992. The van der Waals surface area contributed by atoms with Gasteiger partial charge in [-0.05, 0) is 60.4 Å². The van der Waals surface area contributed by atoms with Gasteiger partial charge in [-0.15, -0.1) is 0 Å². The summed E-state index contributed by atoms with van der Waals surface area (Å²) in [7, 11) is 0. The van der Waals surface area contributed by atoms with Gasteiger partial charge < -0.3 is 19.5 Å². The molecule has 0 saturated carbocycles. The van der Waals surface area contributed by atoms with Gasteiger partial charge in [-0.3, -0.25) is 4.79 Å². The quantitative estimate of drug-likeness (QED) is 0.615. The zero-order valence-corrected chi connectivity index (χ0v) is 16.3. The molecule has 1 heterocycles. The highest BCUT2D eigenvalue weighted by atomic mass is 19.1. The Morgan fingerprint density at radius 1 is 0.933 bits per heavy atom. The van der Waals surface area contributed by atoms with Gasteiger partial charge in [0.2, 0.25) is 6.79 Å². The van der Waals surface area contributed by atoms with Gasteiger partial charge in [0.15, 0.2) is 18.1 Å². The van der Waals surface area contributed by atoms with Crippen molar-refractivity contribution in [3.8, 4) is 17.2 Å². The molecule has 1 atom stereocenters. The molecule has 6 heteroatoms. The summed E-state index contributed by atoms with van der Waals surface area (Å²) in [6.45, 7) is 0.135. The van der Waals surface area contributed by atoms with E-state index >= 15 is 0 Å². The topological polar surface area (TPSA) is 56.8 Å². The summed E-state index contributed by atoms with van der Waals surface area (Å²) in [5.41, 5.74) is 1.95. The van der Waals surface area contributed by atoms with Crippen LogP contribution in [0.1, 0.15) is 11.1 Å². The van der Waals surface area contributed by atoms with E-state index in [0.717, 1.165) is 11.1 Å². The van der Waals surface area contributed by atoms with E-state index in [1.54, 1.807) is 24.3 Å². The lowest BCUT2D eigenvalue weighted by molar-refractivity contribution is -0.123. The molecule has 1 aliphatic heterocycles. The van der Waals surface area contributed by atoms with Gasteiger partial charge in [-0.1, -0.05) is 36.4 Å². The van der Waals surface area contributed by atoms with Crippen LogP contribution in [0.3, 0.4) is 0 Å². The normalized spacial score (nSPS) is 13.0. The summed E-state index contributed by atoms with van der Waals surface area (Å²) >= 11 is 0. The van der Waals surface area contributed by atoms with Crippen molar-refractivity contribution in [1.29, 1.82) is 0 Å². The summed E-state index contributed by atoms with van der Waals surface area (Å²) in [6, 6.07) is 21.1. The fourth-order valence-electron chi connectivity index (χ4n) is 3.37. The molecule has 1 N–H and O–H groups in total. The fraction of sp³-hybridized carbons (Fsp3) is 0.208. The summed E-state index contributed by atoms with van der Waals surface area (Å²) in [6.07, 6.45) is 1.15. The maximum atomic E-state index is 13.3. The van der Waals surface area contributed by atoms with E-state index in [1.807, 2.05) is 36.4 Å². The number of carbonyl (C=O) groups excluding carboxylic acids is 1. The molecular formula is C24H22FNO4. The van der Waals surface area contributed by atoms with E-state index in [1.165, 1.54) is 12.1 Å². The van der Waals surface area contributed by atoms with Crippen LogP contribution in [0.25, 0.3) is 0 Å². The Balaban J connectivity index is 1.43. The zero-order chi connectivity index (χ0) is 20.8. The summed E-state index contributed by atoms with van der Waals surface area (Å²) in [5.74, 6) is 1.55. The second-order valence-corrected chi connectivity index (χ2v) is 7.09. The van der Waals surface area contributed by atoms with Crippen LogP contribution in [0.15, 0.2) is 72.8 Å². The molecule has 3 aromatic carbocycles. The predicted molar refractivity (Wildman–Crippen MR) is 110 cm³/mol. The second-order valence-electron chi connectivity index (χ2n) is 7.09. The molecule has 0 spiro atoms. The number of amides is 1. The maximum absolute atomic E-state index is 13.3. The molecule has 0 fully saturated rings. The lowest BCUT2D eigenvalue weighted by atomic mass is 9.98. The molecule has 1 unspecified atom stereocenters. The average molecular weight is 407 g/mol. The van der Waals surface area contributed by atoms with Gasteiger partial charge in [0.1, 0.15) is 11.6 Å². The van der Waals surface area contributed by atoms with Crippen molar-refractivity contribution >= 4 is 5.91 Å². The van der Waals surface area contributed by atoms with Gasteiger partial charge in [0, 0.05) is 6.04 Å². The van der Waals surface area contributed by atoms with E-state index in [4.69, 9.17) is 14.2 Å². The zero-order valence-electron chi connectivity index (χ0n) is 16.3. The first-order chi connectivity index (χ1) is 14.7. The third kappa shape index (κ3) is 5.29. The highest BCUT2D eigenvalue weighted by Crippen LogP contribution is 2.32. The largest absolute Gasteiger partial charge is 0.484 e. The summed E-state index contributed by atoms with van der Waals surface area (Å²) in [5, 5.41) is 3.04. The number of carbonyl (C=O) groups is 1. The highest BCUT2D eigenvalue weighted by Gasteiger charge is 2.18. The molecule has 1 amide bonds. The first kappa shape index (κ1) is 19.8. The monoisotopic (exact) mass is 407 g/mol. The molecule has 5 nitrogen and oxygen atoms in total. The predicted octanol–water partition coefficient (Wildman–Crippen LogP) is 3.90. The number of hydrogen-bond acceptors (Lipinski definition) is 4. The van der Waals surface area contributed by atoms with E-state index < -0.39 is 0 Å². The van der Waals surface area contributed by atoms with Crippen molar-refractivity contribution in [2.24, 2.45) is 0 Å². The molecule has 3 aromatic rings. The minimum absolute atomic E-state index is 0.0783. The minimum atomic E-state index is -0.286. The molecule has 0 aromatic heterocycles. The van der Waals surface area contributed by atoms with Crippen molar-refractivity contribution < 1.29 is 23.4 Å². The Labute approximate surface area is 174 Å².